The normalized spacial score (nSPS) is 18.3. The topological polar surface area (TPSA) is 348 Å². The molecule has 0 atom stereocenters. The molecule has 0 aromatic rings. The van der Waals surface area contributed by atoms with E-state index in [9.17, 15) is 79.2 Å². The van der Waals surface area contributed by atoms with Crippen LogP contribution in [0.4, 0.5) is 0 Å². The van der Waals surface area contributed by atoms with E-state index >= 15 is 0 Å². The Hall–Kier alpha value is -7.64. The molecule has 0 fully saturated rings. The smallest absolute Gasteiger partial charge is 0.340 e. The third kappa shape index (κ3) is 4.82. The molecule has 0 saturated carbocycles. The maximum atomic E-state index is 12.7. The number of carbonyl (C=O) groups is 8. The molecule has 0 amide bonds. The van der Waals surface area contributed by atoms with Crippen LogP contribution in [0.25, 0.3) is 0 Å². The Labute approximate surface area is 261 Å². The van der Waals surface area contributed by atoms with Crippen molar-refractivity contribution in [2.24, 2.45) is 20.0 Å². The van der Waals surface area contributed by atoms with Crippen molar-refractivity contribution in [3.05, 3.63) is 91.7 Å². The molecule has 0 spiro atoms. The molecule has 20 nitrogen and oxygen atoms in total. The first kappa shape index (κ1) is 31.8. The molecule has 240 valence electrons. The zero-order valence-electron chi connectivity index (χ0n) is 22.9. The summed E-state index contributed by atoms with van der Waals surface area (Å²) in [5, 5.41) is 80.3. The number of carboxylic acid groups (broad SMARTS) is 8. The number of fused-ring (bicyclic) bond motifs is 4. The number of rotatable bonds is 8. The molecule has 0 aromatic heterocycles. The first-order valence-electron chi connectivity index (χ1n) is 12.5. The van der Waals surface area contributed by atoms with Crippen molar-refractivity contribution in [3.63, 3.8) is 0 Å². The Morgan fingerprint density at radius 3 is 1.29 bits per heavy atom. The molecule has 0 unspecified atom stereocenters. The summed E-state index contributed by atoms with van der Waals surface area (Å²) in [5.41, 5.74) is -18.2. The summed E-state index contributed by atoms with van der Waals surface area (Å²) in [6.07, 6.45) is 4.09. The van der Waals surface area contributed by atoms with Gasteiger partial charge in [0.1, 0.15) is 44.6 Å². The van der Waals surface area contributed by atoms with Crippen LogP contribution in [0.15, 0.2) is 112 Å². The van der Waals surface area contributed by atoms with E-state index in [1.807, 2.05) is 0 Å². The minimum atomic E-state index is -2.27. The number of hydrogen-bond acceptors (Lipinski definition) is 12. The molecular formula is C28H12N4O16. The molecule has 8 N–H and O–H groups in total. The van der Waals surface area contributed by atoms with E-state index in [4.69, 9.17) is 0 Å². The van der Waals surface area contributed by atoms with Crippen LogP contribution in [-0.2, 0) is 38.4 Å². The van der Waals surface area contributed by atoms with Gasteiger partial charge in [0.25, 0.3) is 0 Å². The van der Waals surface area contributed by atoms with Crippen molar-refractivity contribution in [1.29, 1.82) is 0 Å². The minimum absolute atomic E-state index is 0.193. The van der Waals surface area contributed by atoms with Gasteiger partial charge in [-0.2, -0.15) is 0 Å². The van der Waals surface area contributed by atoms with Crippen LogP contribution >= 0.6 is 0 Å². The lowest BCUT2D eigenvalue weighted by Gasteiger charge is -2.08. The Morgan fingerprint density at radius 1 is 0.396 bits per heavy atom. The Balaban J connectivity index is 2.10. The summed E-state index contributed by atoms with van der Waals surface area (Å²) >= 11 is 0. The fourth-order valence-electron chi connectivity index (χ4n) is 5.08. The number of carboxylic acids is 8. The van der Waals surface area contributed by atoms with Gasteiger partial charge in [-0.05, 0) is 24.3 Å². The number of nitrogens with zero attached hydrogens (tertiary/aromatic N) is 4. The zero-order valence-corrected chi connectivity index (χ0v) is 22.9. The van der Waals surface area contributed by atoms with E-state index < -0.39 is 127 Å². The van der Waals surface area contributed by atoms with Crippen LogP contribution in [0.2, 0.25) is 0 Å². The van der Waals surface area contributed by atoms with E-state index in [2.05, 4.69) is 20.0 Å². The standard InChI is InChI=1S/C28H12N4O16/c33-21(34)9-7-3-5-1-2-6(29-5)4-8-10(22(35)36)12(24(39)40)18(31-8)16(28(47)48)20-14(26(43)44)13(25(41)42)19(32-20)15(27(45)46)17(30-7)11(9)23(37)38/h1-4H,(H,33,34)(H,35,36)(H,37,38)(H,39,40)(H,41,42)(H,43,44)(H,45,46)(H,47,48). The van der Waals surface area contributed by atoms with Gasteiger partial charge in [0, 0.05) is 0 Å². The van der Waals surface area contributed by atoms with Gasteiger partial charge in [0.15, 0.2) is 0 Å². The highest BCUT2D eigenvalue weighted by Crippen LogP contribution is 2.39. The summed E-state index contributed by atoms with van der Waals surface area (Å²) in [6.45, 7) is 0. The summed E-state index contributed by atoms with van der Waals surface area (Å²) in [5.74, 6) is -17.1. The monoisotopic (exact) mass is 660 g/mol. The largest absolute Gasteiger partial charge is 0.478 e. The molecule has 8 bridgehead atoms. The van der Waals surface area contributed by atoms with E-state index in [1.54, 1.807) is 0 Å². The van der Waals surface area contributed by atoms with Crippen LogP contribution in [-0.4, -0.2) is 111 Å². The summed E-state index contributed by atoms with van der Waals surface area (Å²) in [7, 11) is 0. The summed E-state index contributed by atoms with van der Waals surface area (Å²) in [4.78, 5) is 115. The Bertz CT molecular complexity index is 2220. The van der Waals surface area contributed by atoms with Gasteiger partial charge in [-0.15, -0.1) is 0 Å². The van der Waals surface area contributed by atoms with E-state index in [1.165, 1.54) is 12.2 Å². The minimum Gasteiger partial charge on any atom is -0.478 e. The quantitative estimate of drug-likeness (QED) is 0.158. The SMILES string of the molecule is O=C(O)C1=C2N=C(C=C3C=CC(=N3)C=C3N=C(C(C(=O)O)=C4N=C1C(C(=O)O)=C4C(=O)O)C(C(=O)O)=C3C(=O)O)C(C(=O)O)=C2C(=O)O. The summed E-state index contributed by atoms with van der Waals surface area (Å²) in [6, 6.07) is 0. The fraction of sp³-hybridized carbons (Fsp3) is 0. The average molecular weight is 660 g/mol. The molecule has 0 aromatic carbocycles. The van der Waals surface area contributed by atoms with Gasteiger partial charge in [0.05, 0.1) is 45.6 Å². The van der Waals surface area contributed by atoms with Crippen LogP contribution < -0.4 is 0 Å². The summed E-state index contributed by atoms with van der Waals surface area (Å²) < 4.78 is 0. The highest BCUT2D eigenvalue weighted by molar-refractivity contribution is 6.43. The second kappa shape index (κ2) is 11.1. The highest BCUT2D eigenvalue weighted by atomic mass is 16.4. The van der Waals surface area contributed by atoms with Gasteiger partial charge in [0.2, 0.25) is 0 Å². The molecule has 5 heterocycles. The van der Waals surface area contributed by atoms with Crippen molar-refractivity contribution in [2.75, 3.05) is 0 Å². The zero-order chi connectivity index (χ0) is 35.5. The molecule has 5 aliphatic rings. The van der Waals surface area contributed by atoms with Crippen molar-refractivity contribution >= 4 is 70.6 Å². The lowest BCUT2D eigenvalue weighted by atomic mass is 9.92. The third-order valence-corrected chi connectivity index (χ3v) is 6.81. The molecule has 48 heavy (non-hydrogen) atoms. The van der Waals surface area contributed by atoms with E-state index in [0.717, 1.165) is 12.2 Å². The number of aliphatic imine (C=N–C) groups is 4. The highest BCUT2D eigenvalue weighted by Gasteiger charge is 2.46. The number of aliphatic carboxylic acids is 8. The molecular weight excluding hydrogens is 648 g/mol. The lowest BCUT2D eigenvalue weighted by molar-refractivity contribution is -0.135. The second-order valence-corrected chi connectivity index (χ2v) is 9.53. The van der Waals surface area contributed by atoms with Crippen molar-refractivity contribution in [2.45, 2.75) is 0 Å². The Morgan fingerprint density at radius 2 is 0.812 bits per heavy atom. The van der Waals surface area contributed by atoms with Crippen LogP contribution in [0, 0.1) is 0 Å². The lowest BCUT2D eigenvalue weighted by Crippen LogP contribution is -2.23. The average Bonchev–Trinajstić information content (AvgIpc) is 3.72. The second-order valence-electron chi connectivity index (χ2n) is 9.53. The first-order chi connectivity index (χ1) is 22.5. The van der Waals surface area contributed by atoms with Crippen molar-refractivity contribution in [1.82, 2.24) is 0 Å². The number of allylic oxidation sites excluding steroid dienone is 4. The molecule has 0 aliphatic carbocycles. The van der Waals surface area contributed by atoms with Gasteiger partial charge in [-0.1, -0.05) is 0 Å². The molecule has 5 rings (SSSR count). The fourth-order valence-corrected chi connectivity index (χ4v) is 5.08. The number of hydrogen-bond donors (Lipinski definition) is 8. The van der Waals surface area contributed by atoms with E-state index in [0.29, 0.717) is 0 Å². The van der Waals surface area contributed by atoms with Gasteiger partial charge >= 0.3 is 47.8 Å². The predicted molar refractivity (Wildman–Crippen MR) is 151 cm³/mol. The van der Waals surface area contributed by atoms with Gasteiger partial charge in [-0.3, -0.25) is 0 Å². The predicted octanol–water partition coefficient (Wildman–Crippen LogP) is -0.783. The Kier molecular flexibility index (Phi) is 7.32. The van der Waals surface area contributed by atoms with Crippen LogP contribution in [0.5, 0.6) is 0 Å². The third-order valence-electron chi connectivity index (χ3n) is 6.81. The molecule has 0 radical (unpaired) electrons. The molecule has 0 saturated heterocycles. The first-order valence-corrected chi connectivity index (χ1v) is 12.5. The van der Waals surface area contributed by atoms with Crippen molar-refractivity contribution in [3.8, 4) is 0 Å². The van der Waals surface area contributed by atoms with Crippen LogP contribution in [0.3, 0.4) is 0 Å². The van der Waals surface area contributed by atoms with Gasteiger partial charge in [-0.25, -0.2) is 58.3 Å². The van der Waals surface area contributed by atoms with E-state index in [-0.39, 0.29) is 11.4 Å². The van der Waals surface area contributed by atoms with Gasteiger partial charge < -0.3 is 40.9 Å². The molecule has 20 heteroatoms. The van der Waals surface area contributed by atoms with Crippen molar-refractivity contribution < 1.29 is 79.2 Å². The molecule has 5 aliphatic heterocycles. The van der Waals surface area contributed by atoms with Crippen LogP contribution in [0.1, 0.15) is 0 Å². The maximum absolute atomic E-state index is 12.7. The maximum Gasteiger partial charge on any atom is 0.340 e.